The zero-order valence-electron chi connectivity index (χ0n) is 10.9. The van der Waals surface area contributed by atoms with Crippen molar-refractivity contribution in [2.24, 2.45) is 5.84 Å². The number of aromatic nitrogens is 1. The highest BCUT2D eigenvalue weighted by Crippen LogP contribution is 2.18. The molecule has 7 heteroatoms. The molecule has 2 heterocycles. The van der Waals surface area contributed by atoms with Gasteiger partial charge in [0, 0.05) is 26.2 Å². The van der Waals surface area contributed by atoms with Gasteiger partial charge in [-0.05, 0) is 18.7 Å². The standard InChI is InChI=1S/C12H18ClN5O/c1-2-17-5-7-18(8-6-17)12(19)11-9(13)3-4-10(15-11)16-14/h3-4H,2,5-8,14H2,1H3,(H,15,16). The van der Waals surface area contributed by atoms with Crippen molar-refractivity contribution in [2.75, 3.05) is 38.1 Å². The molecule has 0 radical (unpaired) electrons. The number of nitrogens with one attached hydrogen (secondary N) is 1. The number of carbonyl (C=O) groups is 1. The van der Waals surface area contributed by atoms with E-state index < -0.39 is 0 Å². The van der Waals surface area contributed by atoms with Crippen molar-refractivity contribution in [3.05, 3.63) is 22.8 Å². The Morgan fingerprint density at radius 3 is 2.68 bits per heavy atom. The van der Waals surface area contributed by atoms with E-state index in [0.29, 0.717) is 23.9 Å². The number of nitrogen functional groups attached to an aromatic ring is 1. The van der Waals surface area contributed by atoms with Crippen LogP contribution >= 0.6 is 11.6 Å². The fourth-order valence-corrected chi connectivity index (χ4v) is 2.28. The number of amides is 1. The highest BCUT2D eigenvalue weighted by molar-refractivity contribution is 6.33. The fourth-order valence-electron chi connectivity index (χ4n) is 2.09. The third-order valence-electron chi connectivity index (χ3n) is 3.30. The molecule has 1 aliphatic rings. The number of nitrogens with two attached hydrogens (primary N) is 1. The second-order valence-electron chi connectivity index (χ2n) is 4.40. The molecule has 0 atom stereocenters. The van der Waals surface area contributed by atoms with Gasteiger partial charge in [-0.25, -0.2) is 10.8 Å². The van der Waals surface area contributed by atoms with Crippen LogP contribution in [0.2, 0.25) is 5.02 Å². The Morgan fingerprint density at radius 2 is 2.11 bits per heavy atom. The van der Waals surface area contributed by atoms with E-state index >= 15 is 0 Å². The van der Waals surface area contributed by atoms with E-state index in [1.165, 1.54) is 0 Å². The molecule has 1 saturated heterocycles. The largest absolute Gasteiger partial charge is 0.335 e. The molecular formula is C12H18ClN5O. The maximum absolute atomic E-state index is 12.4. The van der Waals surface area contributed by atoms with Crippen LogP contribution in [0.3, 0.4) is 0 Å². The lowest BCUT2D eigenvalue weighted by Crippen LogP contribution is -2.48. The van der Waals surface area contributed by atoms with Crippen molar-refractivity contribution in [1.29, 1.82) is 0 Å². The predicted molar refractivity (Wildman–Crippen MR) is 75.1 cm³/mol. The number of hydrazine groups is 1. The second kappa shape index (κ2) is 6.18. The molecule has 0 aliphatic carbocycles. The molecule has 0 saturated carbocycles. The Balaban J connectivity index is 2.11. The third-order valence-corrected chi connectivity index (χ3v) is 3.61. The van der Waals surface area contributed by atoms with Gasteiger partial charge in [0.05, 0.1) is 5.02 Å². The van der Waals surface area contributed by atoms with Crippen LogP contribution in [0, 0.1) is 0 Å². The maximum atomic E-state index is 12.4. The minimum atomic E-state index is -0.141. The van der Waals surface area contributed by atoms with E-state index in [2.05, 4.69) is 22.2 Å². The van der Waals surface area contributed by atoms with E-state index in [9.17, 15) is 4.79 Å². The predicted octanol–water partition coefficient (Wildman–Crippen LogP) is 0.798. The summed E-state index contributed by atoms with van der Waals surface area (Å²) in [5.74, 6) is 5.59. The van der Waals surface area contributed by atoms with Crippen LogP contribution in [0.15, 0.2) is 12.1 Å². The topological polar surface area (TPSA) is 74.5 Å². The first-order chi connectivity index (χ1) is 9.15. The van der Waals surface area contributed by atoms with Crippen molar-refractivity contribution >= 4 is 23.3 Å². The number of carbonyl (C=O) groups excluding carboxylic acids is 1. The van der Waals surface area contributed by atoms with Gasteiger partial charge in [-0.2, -0.15) is 0 Å². The maximum Gasteiger partial charge on any atom is 0.274 e. The molecule has 1 aliphatic heterocycles. The van der Waals surface area contributed by atoms with E-state index in [-0.39, 0.29) is 11.6 Å². The molecule has 19 heavy (non-hydrogen) atoms. The summed E-state index contributed by atoms with van der Waals surface area (Å²) in [4.78, 5) is 20.6. The average Bonchev–Trinajstić information content (AvgIpc) is 2.47. The first-order valence-electron chi connectivity index (χ1n) is 6.30. The van der Waals surface area contributed by atoms with E-state index in [1.54, 1.807) is 17.0 Å². The highest BCUT2D eigenvalue weighted by Gasteiger charge is 2.24. The molecule has 0 aromatic carbocycles. The fraction of sp³-hybridized carbons (Fsp3) is 0.500. The van der Waals surface area contributed by atoms with Gasteiger partial charge in [0.15, 0.2) is 0 Å². The lowest BCUT2D eigenvalue weighted by Gasteiger charge is -2.34. The monoisotopic (exact) mass is 283 g/mol. The van der Waals surface area contributed by atoms with Crippen LogP contribution in [0.1, 0.15) is 17.4 Å². The summed E-state index contributed by atoms with van der Waals surface area (Å²) in [6.07, 6.45) is 0. The molecule has 1 amide bonds. The first-order valence-corrected chi connectivity index (χ1v) is 6.68. The molecule has 2 rings (SSSR count). The zero-order chi connectivity index (χ0) is 13.8. The van der Waals surface area contributed by atoms with Crippen LogP contribution in [0.25, 0.3) is 0 Å². The Hall–Kier alpha value is -1.37. The molecule has 3 N–H and O–H groups in total. The molecule has 0 spiro atoms. The Kier molecular flexibility index (Phi) is 4.57. The Morgan fingerprint density at radius 1 is 1.42 bits per heavy atom. The Labute approximate surface area is 117 Å². The molecule has 1 aromatic heterocycles. The summed E-state index contributed by atoms with van der Waals surface area (Å²) >= 11 is 6.03. The third kappa shape index (κ3) is 3.15. The van der Waals surface area contributed by atoms with Crippen LogP contribution in [-0.4, -0.2) is 53.4 Å². The molecule has 0 bridgehead atoms. The first kappa shape index (κ1) is 14.0. The summed E-state index contributed by atoms with van der Waals surface area (Å²) in [5, 5.41) is 0.349. The summed E-state index contributed by atoms with van der Waals surface area (Å²) < 4.78 is 0. The highest BCUT2D eigenvalue weighted by atomic mass is 35.5. The molecule has 1 aromatic rings. The number of anilines is 1. The van der Waals surface area contributed by atoms with E-state index in [4.69, 9.17) is 17.4 Å². The van der Waals surface area contributed by atoms with Gasteiger partial charge in [-0.15, -0.1) is 0 Å². The Bertz CT molecular complexity index is 459. The molecule has 6 nitrogen and oxygen atoms in total. The summed E-state index contributed by atoms with van der Waals surface area (Å²) in [7, 11) is 0. The van der Waals surface area contributed by atoms with Gasteiger partial charge in [0.2, 0.25) is 0 Å². The van der Waals surface area contributed by atoms with Crippen molar-refractivity contribution in [3.8, 4) is 0 Å². The normalized spacial score (nSPS) is 16.5. The van der Waals surface area contributed by atoms with Crippen molar-refractivity contribution in [1.82, 2.24) is 14.8 Å². The van der Waals surface area contributed by atoms with Crippen molar-refractivity contribution < 1.29 is 4.79 Å². The number of halogens is 1. The van der Waals surface area contributed by atoms with Crippen LogP contribution in [0.5, 0.6) is 0 Å². The van der Waals surface area contributed by atoms with Crippen LogP contribution in [-0.2, 0) is 0 Å². The van der Waals surface area contributed by atoms with Gasteiger partial charge < -0.3 is 15.2 Å². The van der Waals surface area contributed by atoms with Crippen molar-refractivity contribution in [2.45, 2.75) is 6.92 Å². The van der Waals surface area contributed by atoms with Gasteiger partial charge in [-0.3, -0.25) is 4.79 Å². The zero-order valence-corrected chi connectivity index (χ0v) is 11.7. The number of likely N-dealkylation sites (N-methyl/N-ethyl adjacent to an activating group) is 1. The van der Waals surface area contributed by atoms with Gasteiger partial charge >= 0.3 is 0 Å². The quantitative estimate of drug-likeness (QED) is 0.634. The van der Waals surface area contributed by atoms with Crippen LogP contribution in [0.4, 0.5) is 5.82 Å². The summed E-state index contributed by atoms with van der Waals surface area (Å²) in [6.45, 7) is 6.29. The number of hydrogen-bond acceptors (Lipinski definition) is 5. The number of rotatable bonds is 3. The summed E-state index contributed by atoms with van der Waals surface area (Å²) in [6, 6.07) is 3.26. The SMILES string of the molecule is CCN1CCN(C(=O)c2nc(NN)ccc2Cl)CC1. The van der Waals surface area contributed by atoms with Crippen molar-refractivity contribution in [3.63, 3.8) is 0 Å². The number of pyridine rings is 1. The number of nitrogens with zero attached hydrogens (tertiary/aromatic N) is 3. The minimum absolute atomic E-state index is 0.141. The van der Waals surface area contributed by atoms with Gasteiger partial charge in [0.25, 0.3) is 5.91 Å². The lowest BCUT2D eigenvalue weighted by atomic mass is 10.2. The van der Waals surface area contributed by atoms with Crippen LogP contribution < -0.4 is 11.3 Å². The molecule has 104 valence electrons. The minimum Gasteiger partial charge on any atom is -0.335 e. The second-order valence-corrected chi connectivity index (χ2v) is 4.80. The summed E-state index contributed by atoms with van der Waals surface area (Å²) in [5.41, 5.74) is 2.67. The molecule has 1 fully saturated rings. The number of hydrogen-bond donors (Lipinski definition) is 2. The van der Waals surface area contributed by atoms with Gasteiger partial charge in [0.1, 0.15) is 11.5 Å². The average molecular weight is 284 g/mol. The molecular weight excluding hydrogens is 266 g/mol. The molecule has 0 unspecified atom stereocenters. The lowest BCUT2D eigenvalue weighted by molar-refractivity contribution is 0.0638. The van der Waals surface area contributed by atoms with E-state index in [1.807, 2.05) is 0 Å². The van der Waals surface area contributed by atoms with E-state index in [0.717, 1.165) is 19.6 Å². The number of piperazine rings is 1. The smallest absolute Gasteiger partial charge is 0.274 e. The van der Waals surface area contributed by atoms with Gasteiger partial charge in [-0.1, -0.05) is 18.5 Å².